The van der Waals surface area contributed by atoms with Crippen molar-refractivity contribution < 1.29 is 4.74 Å². The zero-order valence-corrected chi connectivity index (χ0v) is 22.0. The minimum absolute atomic E-state index is 0.0261. The van der Waals surface area contributed by atoms with Crippen LogP contribution in [0.1, 0.15) is 80.6 Å². The van der Waals surface area contributed by atoms with Crippen molar-refractivity contribution in [1.29, 1.82) is 0 Å². The van der Waals surface area contributed by atoms with Gasteiger partial charge in [0.05, 0.1) is 18.7 Å². The lowest BCUT2D eigenvalue weighted by atomic mass is 10.1. The van der Waals surface area contributed by atoms with Crippen molar-refractivity contribution in [1.82, 2.24) is 30.1 Å². The average Bonchev–Trinajstić information content (AvgIpc) is 3.59. The summed E-state index contributed by atoms with van der Waals surface area (Å²) in [6, 6.07) is 16.7. The molecule has 0 unspecified atom stereocenters. The largest absolute Gasteiger partial charge is 0.494 e. The van der Waals surface area contributed by atoms with E-state index < -0.39 is 0 Å². The Balaban J connectivity index is 1.52. The highest BCUT2D eigenvalue weighted by Crippen LogP contribution is 2.33. The van der Waals surface area contributed by atoms with E-state index >= 15 is 0 Å². The second kappa shape index (κ2) is 11.3. The smallest absolute Gasteiger partial charge is 0.252 e. The lowest BCUT2D eigenvalue weighted by Crippen LogP contribution is -2.32. The number of hydrogen-bond acceptors (Lipinski definition) is 6. The Morgan fingerprint density at radius 3 is 2.59 bits per heavy atom. The van der Waals surface area contributed by atoms with Gasteiger partial charge in [-0.3, -0.25) is 9.69 Å². The molecule has 8 nitrogen and oxygen atoms in total. The molecule has 2 heterocycles. The SMILES string of the molecule is CCOc1ccc2[nH]c(=O)c(CN(Cc3ccc(C)cc3)[C@H](CC)c3nnnn3C3CCCC3)cc2c1. The number of fused-ring (bicyclic) bond motifs is 1. The zero-order valence-electron chi connectivity index (χ0n) is 22.0. The Bertz CT molecular complexity index is 1390. The van der Waals surface area contributed by atoms with Crippen LogP contribution in [0.5, 0.6) is 5.75 Å². The maximum Gasteiger partial charge on any atom is 0.252 e. The molecule has 0 radical (unpaired) electrons. The quantitative estimate of drug-likeness (QED) is 0.310. The maximum absolute atomic E-state index is 13.2. The number of nitrogens with one attached hydrogen (secondary N) is 1. The van der Waals surface area contributed by atoms with Crippen LogP contribution < -0.4 is 10.3 Å². The van der Waals surface area contributed by atoms with Gasteiger partial charge in [-0.1, -0.05) is 49.6 Å². The monoisotopic (exact) mass is 500 g/mol. The molecule has 5 rings (SSSR count). The predicted molar refractivity (Wildman–Crippen MR) is 145 cm³/mol. The molecule has 1 atom stereocenters. The molecule has 1 aliphatic carbocycles. The lowest BCUT2D eigenvalue weighted by molar-refractivity contribution is 0.158. The number of rotatable bonds is 10. The highest BCUT2D eigenvalue weighted by atomic mass is 16.5. The van der Waals surface area contributed by atoms with E-state index in [-0.39, 0.29) is 11.6 Å². The van der Waals surface area contributed by atoms with Gasteiger partial charge in [0.1, 0.15) is 5.75 Å². The van der Waals surface area contributed by atoms with E-state index in [1.54, 1.807) is 0 Å². The molecule has 0 saturated heterocycles. The van der Waals surface area contributed by atoms with E-state index in [0.717, 1.165) is 41.7 Å². The van der Waals surface area contributed by atoms with Gasteiger partial charge in [0.15, 0.2) is 5.82 Å². The Kier molecular flexibility index (Phi) is 7.65. The van der Waals surface area contributed by atoms with E-state index in [1.807, 2.05) is 35.9 Å². The summed E-state index contributed by atoms with van der Waals surface area (Å²) >= 11 is 0. The van der Waals surface area contributed by atoms with Crippen LogP contribution in [0.25, 0.3) is 10.9 Å². The molecular formula is C29H36N6O2. The van der Waals surface area contributed by atoms with Gasteiger partial charge in [-0.05, 0) is 73.4 Å². The van der Waals surface area contributed by atoms with Crippen molar-refractivity contribution >= 4 is 10.9 Å². The van der Waals surface area contributed by atoms with Gasteiger partial charge in [-0.15, -0.1) is 5.10 Å². The molecule has 2 aromatic carbocycles. The summed E-state index contributed by atoms with van der Waals surface area (Å²) in [7, 11) is 0. The van der Waals surface area contributed by atoms with Crippen molar-refractivity contribution in [3.8, 4) is 5.75 Å². The first-order valence-corrected chi connectivity index (χ1v) is 13.4. The Morgan fingerprint density at radius 1 is 1.08 bits per heavy atom. The zero-order chi connectivity index (χ0) is 25.8. The summed E-state index contributed by atoms with van der Waals surface area (Å²) in [6.45, 7) is 7.99. The van der Waals surface area contributed by atoms with Crippen molar-refractivity contribution in [2.24, 2.45) is 0 Å². The second-order valence-electron chi connectivity index (χ2n) is 10.0. The summed E-state index contributed by atoms with van der Waals surface area (Å²) in [6.07, 6.45) is 5.48. The highest BCUT2D eigenvalue weighted by molar-refractivity contribution is 5.80. The van der Waals surface area contributed by atoms with E-state index in [4.69, 9.17) is 4.74 Å². The number of pyridine rings is 1. The number of benzene rings is 2. The molecule has 0 aliphatic heterocycles. The first-order chi connectivity index (χ1) is 18.1. The van der Waals surface area contributed by atoms with Gasteiger partial charge >= 0.3 is 0 Å². The number of nitrogens with zero attached hydrogens (tertiary/aromatic N) is 5. The molecule has 194 valence electrons. The van der Waals surface area contributed by atoms with Gasteiger partial charge in [0, 0.05) is 29.6 Å². The molecular weight excluding hydrogens is 464 g/mol. The van der Waals surface area contributed by atoms with Gasteiger partial charge in [0.25, 0.3) is 5.56 Å². The van der Waals surface area contributed by atoms with Crippen molar-refractivity contribution in [3.05, 3.63) is 81.4 Å². The number of ether oxygens (including phenoxy) is 1. The van der Waals surface area contributed by atoms with Crippen LogP contribution in [-0.2, 0) is 13.1 Å². The second-order valence-corrected chi connectivity index (χ2v) is 10.0. The Hall–Kier alpha value is -3.52. The number of tetrazole rings is 1. The first-order valence-electron chi connectivity index (χ1n) is 13.4. The third kappa shape index (κ3) is 5.59. The Morgan fingerprint density at radius 2 is 1.86 bits per heavy atom. The number of aromatic nitrogens is 5. The van der Waals surface area contributed by atoms with Gasteiger partial charge < -0.3 is 9.72 Å². The molecule has 1 saturated carbocycles. The molecule has 0 spiro atoms. The predicted octanol–water partition coefficient (Wildman–Crippen LogP) is 5.49. The van der Waals surface area contributed by atoms with Crippen molar-refractivity contribution in [3.63, 3.8) is 0 Å². The molecule has 37 heavy (non-hydrogen) atoms. The maximum atomic E-state index is 13.2. The average molecular weight is 501 g/mol. The fourth-order valence-corrected chi connectivity index (χ4v) is 5.46. The van der Waals surface area contributed by atoms with Crippen LogP contribution in [0.4, 0.5) is 0 Å². The number of aromatic amines is 1. The van der Waals surface area contributed by atoms with Crippen LogP contribution in [-0.4, -0.2) is 36.7 Å². The third-order valence-electron chi connectivity index (χ3n) is 7.40. The number of aryl methyl sites for hydroxylation is 1. The minimum atomic E-state index is -0.0733. The molecule has 0 amide bonds. The normalized spacial score (nSPS) is 15.0. The molecule has 4 aromatic rings. The van der Waals surface area contributed by atoms with E-state index in [9.17, 15) is 4.79 Å². The fraction of sp³-hybridized carbons (Fsp3) is 0.448. The Labute approximate surface area is 217 Å². The van der Waals surface area contributed by atoms with Crippen LogP contribution >= 0.6 is 0 Å². The summed E-state index contributed by atoms with van der Waals surface area (Å²) < 4.78 is 7.74. The van der Waals surface area contributed by atoms with Crippen LogP contribution in [0.2, 0.25) is 0 Å². The topological polar surface area (TPSA) is 88.9 Å². The van der Waals surface area contributed by atoms with Crippen molar-refractivity contribution in [2.75, 3.05) is 6.61 Å². The summed E-state index contributed by atoms with van der Waals surface area (Å²) in [5, 5.41) is 14.0. The van der Waals surface area contributed by atoms with Crippen LogP contribution in [0.15, 0.2) is 53.3 Å². The summed E-state index contributed by atoms with van der Waals surface area (Å²) in [4.78, 5) is 18.6. The van der Waals surface area contributed by atoms with Crippen LogP contribution in [0, 0.1) is 6.92 Å². The van der Waals surface area contributed by atoms with Gasteiger partial charge in [0.2, 0.25) is 0 Å². The molecule has 1 fully saturated rings. The standard InChI is InChI=1S/C29H36N6O2/c1-4-27(28-31-32-33-35(28)24-8-6-7-9-24)34(18-21-12-10-20(3)11-13-21)19-23-16-22-17-25(37-5-2)14-15-26(22)30-29(23)36/h10-17,24,27H,4-9,18-19H2,1-3H3,(H,30,36)/t27-/m1/s1. The summed E-state index contributed by atoms with van der Waals surface area (Å²) in [5.74, 6) is 1.68. The molecule has 1 aliphatic rings. The minimum Gasteiger partial charge on any atom is -0.494 e. The lowest BCUT2D eigenvalue weighted by Gasteiger charge is -2.31. The number of H-pyrrole nitrogens is 1. The highest BCUT2D eigenvalue weighted by Gasteiger charge is 2.29. The van der Waals surface area contributed by atoms with E-state index in [0.29, 0.717) is 31.3 Å². The molecule has 1 N–H and O–H groups in total. The van der Waals surface area contributed by atoms with E-state index in [1.165, 1.54) is 24.0 Å². The third-order valence-corrected chi connectivity index (χ3v) is 7.40. The van der Waals surface area contributed by atoms with Gasteiger partial charge in [-0.25, -0.2) is 4.68 Å². The van der Waals surface area contributed by atoms with Crippen molar-refractivity contribution in [2.45, 2.75) is 78.0 Å². The first kappa shape index (κ1) is 25.1. The fourth-order valence-electron chi connectivity index (χ4n) is 5.46. The molecule has 8 heteroatoms. The molecule has 0 bridgehead atoms. The molecule has 2 aromatic heterocycles. The van der Waals surface area contributed by atoms with Gasteiger partial charge in [-0.2, -0.15) is 0 Å². The summed E-state index contributed by atoms with van der Waals surface area (Å²) in [5.41, 5.74) is 3.87. The van der Waals surface area contributed by atoms with E-state index in [2.05, 4.69) is 63.5 Å². The van der Waals surface area contributed by atoms with Crippen LogP contribution in [0.3, 0.4) is 0 Å². The number of hydrogen-bond donors (Lipinski definition) is 1.